The molecule has 2 aromatic rings. The normalized spacial score (nSPS) is 20.7. The van der Waals surface area contributed by atoms with Gasteiger partial charge in [-0.15, -0.1) is 0 Å². The van der Waals surface area contributed by atoms with Gasteiger partial charge in [-0.3, -0.25) is 4.90 Å². The van der Waals surface area contributed by atoms with E-state index in [-0.39, 0.29) is 0 Å². The Balaban J connectivity index is 1.41. The molecule has 0 radical (unpaired) electrons. The maximum Gasteiger partial charge on any atom is 0.127 e. The van der Waals surface area contributed by atoms with Gasteiger partial charge in [-0.2, -0.15) is 0 Å². The van der Waals surface area contributed by atoms with Crippen molar-refractivity contribution >= 4 is 6.08 Å². The highest BCUT2D eigenvalue weighted by atomic mass is 16.5. The minimum atomic E-state index is 0.448. The first-order chi connectivity index (χ1) is 12.8. The molecular weight excluding hydrogens is 326 g/mol. The largest absolute Gasteiger partial charge is 0.489 e. The summed E-state index contributed by atoms with van der Waals surface area (Å²) in [7, 11) is 0. The van der Waals surface area contributed by atoms with Gasteiger partial charge in [0.2, 0.25) is 0 Å². The van der Waals surface area contributed by atoms with Gasteiger partial charge in [0, 0.05) is 42.5 Å². The van der Waals surface area contributed by atoms with E-state index in [2.05, 4.69) is 39.1 Å². The van der Waals surface area contributed by atoms with E-state index in [0.717, 1.165) is 56.4 Å². The number of nitrogens with zero attached hydrogens (tertiary/aromatic N) is 3. The summed E-state index contributed by atoms with van der Waals surface area (Å²) >= 11 is 0. The Labute approximate surface area is 154 Å². The highest BCUT2D eigenvalue weighted by Crippen LogP contribution is 2.26. The monoisotopic (exact) mass is 351 g/mol. The van der Waals surface area contributed by atoms with Crippen LogP contribution in [0, 0.1) is 12.8 Å². The zero-order chi connectivity index (χ0) is 17.8. The molecule has 26 heavy (non-hydrogen) atoms. The second kappa shape index (κ2) is 7.98. The molecule has 1 saturated heterocycles. The smallest absolute Gasteiger partial charge is 0.127 e. The van der Waals surface area contributed by atoms with Gasteiger partial charge in [0.15, 0.2) is 0 Å². The van der Waals surface area contributed by atoms with Gasteiger partial charge in [-0.25, -0.2) is 9.97 Å². The third-order valence-corrected chi connectivity index (χ3v) is 4.90. The molecule has 3 heterocycles. The van der Waals surface area contributed by atoms with Crippen molar-refractivity contribution in [2.24, 2.45) is 5.92 Å². The zero-order valence-electron chi connectivity index (χ0n) is 15.2. The maximum atomic E-state index is 5.90. The van der Waals surface area contributed by atoms with Gasteiger partial charge in [-0.05, 0) is 37.1 Å². The molecule has 5 nitrogen and oxygen atoms in total. The van der Waals surface area contributed by atoms with Crippen LogP contribution in [0.5, 0.6) is 5.75 Å². The number of benzene rings is 1. The molecule has 0 aliphatic carbocycles. The van der Waals surface area contributed by atoms with E-state index in [1.807, 2.05) is 19.1 Å². The quantitative estimate of drug-likeness (QED) is 0.848. The van der Waals surface area contributed by atoms with Crippen molar-refractivity contribution < 1.29 is 9.47 Å². The second-order valence-corrected chi connectivity index (χ2v) is 7.16. The average molecular weight is 351 g/mol. The minimum Gasteiger partial charge on any atom is -0.489 e. The fourth-order valence-electron chi connectivity index (χ4n) is 3.68. The molecule has 0 saturated carbocycles. The summed E-state index contributed by atoms with van der Waals surface area (Å²) in [6, 6.07) is 10.3. The van der Waals surface area contributed by atoms with E-state index >= 15 is 0 Å². The fraction of sp³-hybridized carbons (Fsp3) is 0.429. The molecule has 4 rings (SSSR count). The van der Waals surface area contributed by atoms with Crippen LogP contribution in [0.15, 0.2) is 42.2 Å². The summed E-state index contributed by atoms with van der Waals surface area (Å²) < 4.78 is 11.8. The van der Waals surface area contributed by atoms with Crippen LogP contribution in [0.1, 0.15) is 17.0 Å². The summed E-state index contributed by atoms with van der Waals surface area (Å²) in [4.78, 5) is 11.1. The van der Waals surface area contributed by atoms with Crippen molar-refractivity contribution in [2.45, 2.75) is 13.3 Å². The Hall–Kier alpha value is -2.24. The number of hydrogen-bond acceptors (Lipinski definition) is 5. The van der Waals surface area contributed by atoms with Crippen molar-refractivity contribution in [3.63, 3.8) is 0 Å². The van der Waals surface area contributed by atoms with Gasteiger partial charge in [0.25, 0.3) is 0 Å². The zero-order valence-corrected chi connectivity index (χ0v) is 15.2. The summed E-state index contributed by atoms with van der Waals surface area (Å²) in [5.41, 5.74) is 4.61. The van der Waals surface area contributed by atoms with Gasteiger partial charge in [0.05, 0.1) is 13.2 Å². The van der Waals surface area contributed by atoms with Crippen LogP contribution < -0.4 is 4.74 Å². The van der Waals surface area contributed by atoms with Crippen molar-refractivity contribution in [1.82, 2.24) is 14.9 Å². The highest BCUT2D eigenvalue weighted by molar-refractivity contribution is 5.62. The predicted octanol–water partition coefficient (Wildman–Crippen LogP) is 2.75. The van der Waals surface area contributed by atoms with Gasteiger partial charge in [0.1, 0.15) is 18.7 Å². The topological polar surface area (TPSA) is 47.5 Å². The Kier molecular flexibility index (Phi) is 5.27. The lowest BCUT2D eigenvalue weighted by atomic mass is 10.0. The lowest BCUT2D eigenvalue weighted by Crippen LogP contribution is -2.34. The highest BCUT2D eigenvalue weighted by Gasteiger charge is 2.21. The van der Waals surface area contributed by atoms with E-state index < -0.39 is 0 Å². The number of para-hydroxylation sites is 1. The minimum absolute atomic E-state index is 0.448. The lowest BCUT2D eigenvalue weighted by Gasteiger charge is -2.26. The molecule has 1 unspecified atom stereocenters. The van der Waals surface area contributed by atoms with Crippen LogP contribution in [0.2, 0.25) is 0 Å². The van der Waals surface area contributed by atoms with Gasteiger partial charge < -0.3 is 9.47 Å². The van der Waals surface area contributed by atoms with Crippen molar-refractivity contribution in [3.05, 3.63) is 59.2 Å². The molecular formula is C21H25N3O2. The Morgan fingerprint density at radius 2 is 2.15 bits per heavy atom. The molecule has 0 N–H and O–H groups in total. The standard InChI is InChI=1S/C21H25N3O2/c1-16-8-20(23-15-22-16)10-18-12-24(6-7-25-13-18)11-17-9-19-4-2-3-5-21(19)26-14-17/h2-5,8-9,15,18H,6-7,10-14H2,1H3. The molecule has 0 bridgehead atoms. The Morgan fingerprint density at radius 1 is 1.23 bits per heavy atom. The van der Waals surface area contributed by atoms with E-state index in [9.17, 15) is 0 Å². The molecule has 136 valence electrons. The van der Waals surface area contributed by atoms with Crippen LogP contribution in [0.25, 0.3) is 6.08 Å². The van der Waals surface area contributed by atoms with Gasteiger partial charge >= 0.3 is 0 Å². The van der Waals surface area contributed by atoms with E-state index in [1.165, 1.54) is 11.1 Å². The maximum absolute atomic E-state index is 5.90. The van der Waals surface area contributed by atoms with E-state index in [0.29, 0.717) is 12.5 Å². The van der Waals surface area contributed by atoms with E-state index in [1.54, 1.807) is 6.33 Å². The third kappa shape index (κ3) is 4.29. The first-order valence-electron chi connectivity index (χ1n) is 9.25. The lowest BCUT2D eigenvalue weighted by molar-refractivity contribution is 0.122. The van der Waals surface area contributed by atoms with Crippen LogP contribution in [0.4, 0.5) is 0 Å². The Bertz CT molecular complexity index is 790. The molecule has 2 aliphatic heterocycles. The summed E-state index contributed by atoms with van der Waals surface area (Å²) in [6.07, 6.45) is 4.85. The molecule has 1 atom stereocenters. The van der Waals surface area contributed by atoms with Crippen LogP contribution in [-0.4, -0.2) is 54.3 Å². The predicted molar refractivity (Wildman–Crippen MR) is 101 cm³/mol. The molecule has 2 aliphatic rings. The molecule has 1 aromatic heterocycles. The second-order valence-electron chi connectivity index (χ2n) is 7.16. The van der Waals surface area contributed by atoms with E-state index in [4.69, 9.17) is 9.47 Å². The van der Waals surface area contributed by atoms with Gasteiger partial charge in [-0.1, -0.05) is 18.2 Å². The number of hydrogen-bond donors (Lipinski definition) is 0. The van der Waals surface area contributed by atoms with Crippen LogP contribution >= 0.6 is 0 Å². The van der Waals surface area contributed by atoms with Crippen molar-refractivity contribution in [2.75, 3.05) is 39.5 Å². The molecule has 1 aromatic carbocycles. The number of ether oxygens (including phenoxy) is 2. The summed E-state index contributed by atoms with van der Waals surface area (Å²) in [5, 5.41) is 0. The SMILES string of the molecule is Cc1cc(CC2COCCN(CC3=Cc4ccccc4OC3)C2)ncn1. The Morgan fingerprint density at radius 3 is 3.08 bits per heavy atom. The third-order valence-electron chi connectivity index (χ3n) is 4.90. The fourth-order valence-corrected chi connectivity index (χ4v) is 3.68. The molecule has 0 amide bonds. The summed E-state index contributed by atoms with van der Waals surface area (Å²) in [6.45, 7) is 7.15. The molecule has 1 fully saturated rings. The number of fused-ring (bicyclic) bond motifs is 1. The van der Waals surface area contributed by atoms with Crippen LogP contribution in [-0.2, 0) is 11.2 Å². The summed E-state index contributed by atoms with van der Waals surface area (Å²) in [5.74, 6) is 1.43. The first kappa shape index (κ1) is 17.2. The number of aryl methyl sites for hydroxylation is 1. The number of rotatable bonds is 4. The molecule has 0 spiro atoms. The van der Waals surface area contributed by atoms with Crippen molar-refractivity contribution in [1.29, 1.82) is 0 Å². The first-order valence-corrected chi connectivity index (χ1v) is 9.25. The average Bonchev–Trinajstić information content (AvgIpc) is 2.86. The van der Waals surface area contributed by atoms with Crippen molar-refractivity contribution in [3.8, 4) is 5.75 Å². The molecule has 5 heteroatoms. The number of aromatic nitrogens is 2. The van der Waals surface area contributed by atoms with Crippen LogP contribution in [0.3, 0.4) is 0 Å².